The van der Waals surface area contributed by atoms with Crippen LogP contribution < -0.4 is 10.6 Å². The number of anilines is 1. The number of rotatable bonds is 7. The normalized spacial score (nSPS) is 13.3. The van der Waals surface area contributed by atoms with Crippen LogP contribution in [-0.4, -0.2) is 41.9 Å². The number of hydrogen-bond donors (Lipinski definition) is 2. The first-order valence-electron chi connectivity index (χ1n) is 10.3. The molecule has 3 aromatic rings. The summed E-state index contributed by atoms with van der Waals surface area (Å²) in [5, 5.41) is 15.0. The van der Waals surface area contributed by atoms with Crippen molar-refractivity contribution in [3.05, 3.63) is 53.9 Å². The van der Waals surface area contributed by atoms with Crippen molar-refractivity contribution in [2.45, 2.75) is 43.9 Å². The summed E-state index contributed by atoms with van der Waals surface area (Å²) in [5.41, 5.74) is 1.17. The quantitative estimate of drug-likeness (QED) is 0.548. The van der Waals surface area contributed by atoms with Crippen LogP contribution in [0.25, 0.3) is 0 Å². The molecule has 1 aliphatic heterocycles. The number of thioether (sulfide) groups is 1. The number of nitrogens with zero attached hydrogens (tertiary/aromatic N) is 5. The van der Waals surface area contributed by atoms with E-state index in [4.69, 9.17) is 0 Å². The molecule has 0 atom stereocenters. The van der Waals surface area contributed by atoms with E-state index in [1.54, 1.807) is 30.5 Å². The highest BCUT2D eigenvalue weighted by Crippen LogP contribution is 2.16. The largest absolute Gasteiger partial charge is 0.345 e. The Morgan fingerprint density at radius 3 is 2.74 bits per heavy atom. The van der Waals surface area contributed by atoms with Gasteiger partial charge in [-0.1, -0.05) is 18.2 Å². The molecule has 31 heavy (non-hydrogen) atoms. The van der Waals surface area contributed by atoms with Crippen molar-refractivity contribution in [1.29, 1.82) is 0 Å². The number of nitrogens with one attached hydrogen (secondary N) is 2. The molecule has 4 rings (SSSR count). The average Bonchev–Trinajstić information content (AvgIpc) is 3.28. The Hall–Kier alpha value is -3.14. The van der Waals surface area contributed by atoms with Crippen LogP contribution in [0.1, 0.15) is 41.3 Å². The Morgan fingerprint density at radius 1 is 1.13 bits per heavy atom. The van der Waals surface area contributed by atoms with Gasteiger partial charge in [-0.25, -0.2) is 4.98 Å². The van der Waals surface area contributed by atoms with E-state index in [1.165, 1.54) is 18.2 Å². The highest BCUT2D eigenvalue weighted by molar-refractivity contribution is 7.99. The van der Waals surface area contributed by atoms with Crippen molar-refractivity contribution < 1.29 is 9.59 Å². The lowest BCUT2D eigenvalue weighted by Crippen LogP contribution is -2.25. The second-order valence-electron chi connectivity index (χ2n) is 7.41. The van der Waals surface area contributed by atoms with Crippen LogP contribution >= 0.6 is 11.8 Å². The summed E-state index contributed by atoms with van der Waals surface area (Å²) in [6.07, 6.45) is 7.91. The van der Waals surface area contributed by atoms with Crippen LogP contribution in [0.4, 0.5) is 5.69 Å². The maximum Gasteiger partial charge on any atom is 0.251 e. The van der Waals surface area contributed by atoms with Gasteiger partial charge < -0.3 is 19.8 Å². The van der Waals surface area contributed by atoms with E-state index in [2.05, 4.69) is 30.4 Å². The first kappa shape index (κ1) is 21.1. The highest BCUT2D eigenvalue weighted by Gasteiger charge is 2.15. The number of carbonyl (C=O) groups is 2. The third-order valence-electron chi connectivity index (χ3n) is 5.13. The van der Waals surface area contributed by atoms with Crippen LogP contribution in [0.3, 0.4) is 0 Å². The lowest BCUT2D eigenvalue weighted by molar-refractivity contribution is -0.113. The molecule has 0 radical (unpaired) electrons. The van der Waals surface area contributed by atoms with Crippen LogP contribution in [-0.2, 0) is 31.4 Å². The molecule has 0 saturated heterocycles. The molecule has 2 aromatic heterocycles. The van der Waals surface area contributed by atoms with Crippen molar-refractivity contribution in [2.75, 3.05) is 11.1 Å². The third kappa shape index (κ3) is 5.32. The molecule has 0 spiro atoms. The zero-order valence-corrected chi connectivity index (χ0v) is 18.2. The van der Waals surface area contributed by atoms with E-state index in [1.807, 2.05) is 17.8 Å². The molecular weight excluding hydrogens is 414 g/mol. The molecule has 1 aromatic carbocycles. The predicted molar refractivity (Wildman–Crippen MR) is 118 cm³/mol. The molecule has 0 saturated carbocycles. The van der Waals surface area contributed by atoms with Crippen LogP contribution in [0.2, 0.25) is 0 Å². The van der Waals surface area contributed by atoms with Crippen LogP contribution in [0.15, 0.2) is 41.8 Å². The maximum atomic E-state index is 12.5. The molecule has 3 heterocycles. The van der Waals surface area contributed by atoms with Gasteiger partial charge in [0.25, 0.3) is 5.91 Å². The van der Waals surface area contributed by atoms with Crippen LogP contribution in [0.5, 0.6) is 0 Å². The molecule has 162 valence electrons. The van der Waals surface area contributed by atoms with Crippen molar-refractivity contribution in [2.24, 2.45) is 7.05 Å². The molecule has 0 aliphatic carbocycles. The SMILES string of the molecule is Cn1ccnc1SCC(=O)Nc1ccc(C(=O)NCc2nnc3n2CCCCC3)cc1. The number of fused-ring (bicyclic) bond motifs is 1. The zero-order chi connectivity index (χ0) is 21.6. The average molecular weight is 440 g/mol. The smallest absolute Gasteiger partial charge is 0.251 e. The molecule has 9 nitrogen and oxygen atoms in total. The Labute approximate surface area is 184 Å². The minimum atomic E-state index is -0.186. The Bertz CT molecular complexity index is 1060. The number of aromatic nitrogens is 5. The lowest BCUT2D eigenvalue weighted by Gasteiger charge is -2.09. The monoisotopic (exact) mass is 439 g/mol. The van der Waals surface area contributed by atoms with Gasteiger partial charge in [0, 0.05) is 43.7 Å². The molecule has 2 N–H and O–H groups in total. The molecule has 2 amide bonds. The van der Waals surface area contributed by atoms with Gasteiger partial charge in [0.05, 0.1) is 12.3 Å². The van der Waals surface area contributed by atoms with Crippen molar-refractivity contribution in [1.82, 2.24) is 29.6 Å². The van der Waals surface area contributed by atoms with Gasteiger partial charge in [0.1, 0.15) is 5.82 Å². The van der Waals surface area contributed by atoms with E-state index in [9.17, 15) is 9.59 Å². The van der Waals surface area contributed by atoms with Gasteiger partial charge in [-0.3, -0.25) is 9.59 Å². The summed E-state index contributed by atoms with van der Waals surface area (Å²) in [6, 6.07) is 6.84. The Kier molecular flexibility index (Phi) is 6.66. The lowest BCUT2D eigenvalue weighted by atomic mass is 10.2. The van der Waals surface area contributed by atoms with Gasteiger partial charge in [0.15, 0.2) is 11.0 Å². The predicted octanol–water partition coefficient (Wildman–Crippen LogP) is 2.40. The number of amides is 2. The van der Waals surface area contributed by atoms with Crippen molar-refractivity contribution in [3.63, 3.8) is 0 Å². The molecule has 0 bridgehead atoms. The molecule has 10 heteroatoms. The third-order valence-corrected chi connectivity index (χ3v) is 6.19. The van der Waals surface area contributed by atoms with Crippen molar-refractivity contribution >= 4 is 29.3 Å². The standard InChI is InChI=1S/C21H25N7O2S/c1-27-12-10-22-21(27)31-14-19(29)24-16-8-6-15(7-9-16)20(30)23-13-18-26-25-17-5-3-2-4-11-28(17)18/h6-10,12H,2-5,11,13-14H2,1H3,(H,23,30)(H,24,29). The van der Waals surface area contributed by atoms with E-state index < -0.39 is 0 Å². The summed E-state index contributed by atoms with van der Waals surface area (Å²) in [5.74, 6) is 1.74. The van der Waals surface area contributed by atoms with Crippen molar-refractivity contribution in [3.8, 4) is 0 Å². The number of carbonyl (C=O) groups excluding carboxylic acids is 2. The number of imidazole rings is 1. The van der Waals surface area contributed by atoms with Gasteiger partial charge in [0.2, 0.25) is 5.91 Å². The van der Waals surface area contributed by atoms with Crippen LogP contribution in [0, 0.1) is 0 Å². The fourth-order valence-electron chi connectivity index (χ4n) is 3.46. The summed E-state index contributed by atoms with van der Waals surface area (Å²) in [4.78, 5) is 28.8. The minimum Gasteiger partial charge on any atom is -0.345 e. The maximum absolute atomic E-state index is 12.5. The topological polar surface area (TPSA) is 107 Å². The van der Waals surface area contributed by atoms with Gasteiger partial charge in [-0.2, -0.15) is 0 Å². The summed E-state index contributed by atoms with van der Waals surface area (Å²) in [6.45, 7) is 1.25. The van der Waals surface area contributed by atoms with E-state index in [0.29, 0.717) is 17.8 Å². The van der Waals surface area contributed by atoms with Gasteiger partial charge in [-0.15, -0.1) is 10.2 Å². The summed E-state index contributed by atoms with van der Waals surface area (Å²) in [7, 11) is 1.89. The summed E-state index contributed by atoms with van der Waals surface area (Å²) >= 11 is 1.37. The summed E-state index contributed by atoms with van der Waals surface area (Å²) < 4.78 is 3.98. The first-order valence-corrected chi connectivity index (χ1v) is 11.3. The fraction of sp³-hybridized carbons (Fsp3) is 0.381. The fourth-order valence-corrected chi connectivity index (χ4v) is 4.19. The highest BCUT2D eigenvalue weighted by atomic mass is 32.2. The Balaban J connectivity index is 1.27. The second-order valence-corrected chi connectivity index (χ2v) is 8.35. The minimum absolute atomic E-state index is 0.127. The second kappa shape index (κ2) is 9.78. The van der Waals surface area contributed by atoms with Gasteiger partial charge >= 0.3 is 0 Å². The number of aryl methyl sites for hydroxylation is 2. The van der Waals surface area contributed by atoms with E-state index in [-0.39, 0.29) is 17.6 Å². The zero-order valence-electron chi connectivity index (χ0n) is 17.4. The molecule has 0 unspecified atom stereocenters. The molecule has 0 fully saturated rings. The molecule has 1 aliphatic rings. The van der Waals surface area contributed by atoms with E-state index >= 15 is 0 Å². The Morgan fingerprint density at radius 2 is 1.97 bits per heavy atom. The van der Waals surface area contributed by atoms with E-state index in [0.717, 1.165) is 42.6 Å². The number of hydrogen-bond acceptors (Lipinski definition) is 6. The van der Waals surface area contributed by atoms with Gasteiger partial charge in [-0.05, 0) is 37.1 Å². The number of benzene rings is 1. The first-order chi connectivity index (χ1) is 15.1. The molecular formula is C21H25N7O2S.